The second-order valence-corrected chi connectivity index (χ2v) is 4.56. The molecule has 4 nitrogen and oxygen atoms in total. The highest BCUT2D eigenvalue weighted by atomic mass is 16.3. The second-order valence-electron chi connectivity index (χ2n) is 4.56. The van der Waals surface area contributed by atoms with Crippen molar-refractivity contribution in [3.05, 3.63) is 66.5 Å². The summed E-state index contributed by atoms with van der Waals surface area (Å²) < 4.78 is 0. The molecule has 0 bridgehead atoms. The first kappa shape index (κ1) is 12.8. The van der Waals surface area contributed by atoms with Crippen molar-refractivity contribution in [1.82, 2.24) is 10.2 Å². The van der Waals surface area contributed by atoms with Gasteiger partial charge in [0.25, 0.3) is 0 Å². The number of phenolic OH excluding ortho intramolecular Hbond substituents is 1. The van der Waals surface area contributed by atoms with Crippen LogP contribution >= 0.6 is 0 Å². The molecule has 0 saturated carbocycles. The van der Waals surface area contributed by atoms with Gasteiger partial charge in [-0.15, -0.1) is 0 Å². The zero-order valence-corrected chi connectivity index (χ0v) is 11.1. The summed E-state index contributed by atoms with van der Waals surface area (Å²) in [5, 5.41) is 26.6. The normalized spacial score (nSPS) is 10.0. The summed E-state index contributed by atoms with van der Waals surface area (Å²) in [4.78, 5) is 0. The smallest absolute Gasteiger partial charge is 0.123 e. The van der Waals surface area contributed by atoms with Crippen molar-refractivity contribution < 1.29 is 5.11 Å². The third-order valence-corrected chi connectivity index (χ3v) is 3.22. The average Bonchev–Trinajstić information content (AvgIpc) is 2.56. The molecule has 0 aliphatic heterocycles. The molecule has 4 heteroatoms. The molecule has 0 spiro atoms. The Hall–Kier alpha value is -3.19. The van der Waals surface area contributed by atoms with Crippen molar-refractivity contribution >= 4 is 0 Å². The van der Waals surface area contributed by atoms with Crippen LogP contribution in [-0.2, 0) is 0 Å². The number of aromatic hydroxyl groups is 1. The molecule has 100 valence electrons. The minimum Gasteiger partial charge on any atom is -0.507 e. The van der Waals surface area contributed by atoms with Crippen LogP contribution in [0, 0.1) is 11.3 Å². The topological polar surface area (TPSA) is 69.8 Å². The van der Waals surface area contributed by atoms with Gasteiger partial charge in [-0.25, -0.2) is 0 Å². The number of rotatable bonds is 2. The molecule has 0 radical (unpaired) electrons. The first-order valence-electron chi connectivity index (χ1n) is 6.38. The van der Waals surface area contributed by atoms with Crippen LogP contribution in [0.1, 0.15) is 5.56 Å². The van der Waals surface area contributed by atoms with Crippen molar-refractivity contribution in [2.24, 2.45) is 0 Å². The number of nitriles is 1. The van der Waals surface area contributed by atoms with Gasteiger partial charge in [0.15, 0.2) is 0 Å². The summed E-state index contributed by atoms with van der Waals surface area (Å²) in [7, 11) is 0. The summed E-state index contributed by atoms with van der Waals surface area (Å²) in [6, 6.07) is 16.6. The Kier molecular flexibility index (Phi) is 3.32. The third kappa shape index (κ3) is 2.58. The Morgan fingerprint density at radius 3 is 2.52 bits per heavy atom. The van der Waals surface area contributed by atoms with E-state index >= 15 is 0 Å². The Balaban J connectivity index is 2.12. The van der Waals surface area contributed by atoms with E-state index in [1.54, 1.807) is 30.6 Å². The van der Waals surface area contributed by atoms with E-state index in [9.17, 15) is 5.11 Å². The van der Waals surface area contributed by atoms with Gasteiger partial charge in [0.05, 0.1) is 24.0 Å². The molecule has 21 heavy (non-hydrogen) atoms. The minimum absolute atomic E-state index is 0.184. The molecule has 0 fully saturated rings. The van der Waals surface area contributed by atoms with E-state index < -0.39 is 0 Å². The van der Waals surface area contributed by atoms with Crippen LogP contribution in [0.3, 0.4) is 0 Å². The van der Waals surface area contributed by atoms with Gasteiger partial charge in [-0.05, 0) is 41.5 Å². The van der Waals surface area contributed by atoms with Gasteiger partial charge in [-0.3, -0.25) is 0 Å². The molecule has 3 rings (SSSR count). The van der Waals surface area contributed by atoms with Crippen molar-refractivity contribution in [2.75, 3.05) is 0 Å². The predicted octanol–water partition coefficient (Wildman–Crippen LogP) is 3.39. The molecule has 1 aromatic heterocycles. The van der Waals surface area contributed by atoms with E-state index in [1.807, 2.05) is 30.3 Å². The fraction of sp³-hybridized carbons (Fsp3) is 0. The lowest BCUT2D eigenvalue weighted by atomic mass is 9.98. The Bertz CT molecular complexity index is 823. The molecule has 1 N–H and O–H groups in total. The van der Waals surface area contributed by atoms with Gasteiger partial charge in [0.2, 0.25) is 0 Å². The van der Waals surface area contributed by atoms with Crippen LogP contribution in [0.2, 0.25) is 0 Å². The number of benzene rings is 2. The van der Waals surface area contributed by atoms with Crippen molar-refractivity contribution in [2.45, 2.75) is 0 Å². The number of phenols is 1. The maximum absolute atomic E-state index is 10.0. The molecule has 0 unspecified atom stereocenters. The zero-order valence-electron chi connectivity index (χ0n) is 11.1. The summed E-state index contributed by atoms with van der Waals surface area (Å²) in [6.45, 7) is 0. The monoisotopic (exact) mass is 273 g/mol. The van der Waals surface area contributed by atoms with Crippen LogP contribution < -0.4 is 0 Å². The number of nitrogens with zero attached hydrogens (tertiary/aromatic N) is 3. The molecular weight excluding hydrogens is 262 g/mol. The maximum Gasteiger partial charge on any atom is 0.123 e. The molecule has 1 heterocycles. The molecule has 0 amide bonds. The van der Waals surface area contributed by atoms with E-state index in [0.717, 1.165) is 16.7 Å². The molecule has 2 aromatic carbocycles. The van der Waals surface area contributed by atoms with Gasteiger partial charge in [0.1, 0.15) is 5.75 Å². The lowest BCUT2D eigenvalue weighted by Gasteiger charge is -2.08. The molecule has 0 aliphatic rings. The van der Waals surface area contributed by atoms with Crippen LogP contribution in [0.5, 0.6) is 5.75 Å². The van der Waals surface area contributed by atoms with Gasteiger partial charge >= 0.3 is 0 Å². The zero-order chi connectivity index (χ0) is 14.7. The van der Waals surface area contributed by atoms with E-state index in [2.05, 4.69) is 16.3 Å². The summed E-state index contributed by atoms with van der Waals surface area (Å²) in [5.74, 6) is 0.184. The molecule has 0 aliphatic carbocycles. The van der Waals surface area contributed by atoms with Gasteiger partial charge in [0, 0.05) is 11.1 Å². The van der Waals surface area contributed by atoms with Crippen molar-refractivity contribution in [3.8, 4) is 34.1 Å². The molecule has 3 aromatic rings. The first-order valence-corrected chi connectivity index (χ1v) is 6.38. The lowest BCUT2D eigenvalue weighted by Crippen LogP contribution is -1.86. The fourth-order valence-corrected chi connectivity index (χ4v) is 2.17. The van der Waals surface area contributed by atoms with Gasteiger partial charge < -0.3 is 5.11 Å². The summed E-state index contributed by atoms with van der Waals surface area (Å²) in [6.07, 6.45) is 3.18. The predicted molar refractivity (Wildman–Crippen MR) is 79.3 cm³/mol. The maximum atomic E-state index is 10.0. The van der Waals surface area contributed by atoms with Crippen LogP contribution in [0.25, 0.3) is 22.3 Å². The molecular formula is C17H11N3O. The van der Waals surface area contributed by atoms with E-state index in [0.29, 0.717) is 11.1 Å². The highest BCUT2D eigenvalue weighted by molar-refractivity contribution is 5.77. The Morgan fingerprint density at radius 1 is 0.905 bits per heavy atom. The first-order chi connectivity index (χ1) is 10.3. The minimum atomic E-state index is 0.184. The Morgan fingerprint density at radius 2 is 1.76 bits per heavy atom. The van der Waals surface area contributed by atoms with E-state index in [1.165, 1.54) is 0 Å². The van der Waals surface area contributed by atoms with Crippen LogP contribution in [0.4, 0.5) is 0 Å². The lowest BCUT2D eigenvalue weighted by molar-refractivity contribution is 0.477. The number of hydrogen-bond donors (Lipinski definition) is 1. The fourth-order valence-electron chi connectivity index (χ4n) is 2.17. The quantitative estimate of drug-likeness (QED) is 0.777. The summed E-state index contributed by atoms with van der Waals surface area (Å²) in [5.41, 5.74) is 3.94. The van der Waals surface area contributed by atoms with Crippen molar-refractivity contribution in [3.63, 3.8) is 0 Å². The third-order valence-electron chi connectivity index (χ3n) is 3.22. The standard InChI is InChI=1S/C17H11N3O/c18-10-12-2-1-3-13(8-12)14-4-5-17(21)16(9-14)15-6-7-19-20-11-15/h1-9,11,21H. The Labute approximate surface area is 122 Å². The number of hydrogen-bond acceptors (Lipinski definition) is 4. The largest absolute Gasteiger partial charge is 0.507 e. The second kappa shape index (κ2) is 5.43. The SMILES string of the molecule is N#Cc1cccc(-c2ccc(O)c(-c3ccnnc3)c2)c1. The van der Waals surface area contributed by atoms with Crippen molar-refractivity contribution in [1.29, 1.82) is 5.26 Å². The van der Waals surface area contributed by atoms with E-state index in [4.69, 9.17) is 5.26 Å². The van der Waals surface area contributed by atoms with Crippen LogP contribution in [-0.4, -0.2) is 15.3 Å². The molecule has 0 saturated heterocycles. The van der Waals surface area contributed by atoms with Gasteiger partial charge in [-0.1, -0.05) is 18.2 Å². The van der Waals surface area contributed by atoms with E-state index in [-0.39, 0.29) is 5.75 Å². The van der Waals surface area contributed by atoms with Crippen LogP contribution in [0.15, 0.2) is 60.9 Å². The molecule has 0 atom stereocenters. The number of aromatic nitrogens is 2. The van der Waals surface area contributed by atoms with Gasteiger partial charge in [-0.2, -0.15) is 15.5 Å². The highest BCUT2D eigenvalue weighted by Crippen LogP contribution is 2.33. The average molecular weight is 273 g/mol. The summed E-state index contributed by atoms with van der Waals surface area (Å²) >= 11 is 0. The highest BCUT2D eigenvalue weighted by Gasteiger charge is 2.07.